The molecule has 1 atom stereocenters. The number of thioether (sulfide) groups is 1. The lowest BCUT2D eigenvalue weighted by atomic mass is 9.69. The number of H-pyrrole nitrogens is 1. The van der Waals surface area contributed by atoms with Crippen LogP contribution in [0.25, 0.3) is 0 Å². The number of hydrogen-bond donors (Lipinski definition) is 2. The maximum absolute atomic E-state index is 13.3. The van der Waals surface area contributed by atoms with Crippen molar-refractivity contribution >= 4 is 39.3 Å². The van der Waals surface area contributed by atoms with Crippen LogP contribution in [-0.2, 0) is 4.79 Å². The van der Waals surface area contributed by atoms with E-state index in [9.17, 15) is 9.59 Å². The first kappa shape index (κ1) is 22.3. The molecule has 0 bridgehead atoms. The van der Waals surface area contributed by atoms with Crippen LogP contribution in [0, 0.1) is 11.3 Å². The lowest BCUT2D eigenvalue weighted by molar-refractivity contribution is -0.118. The van der Waals surface area contributed by atoms with Crippen LogP contribution in [0.2, 0.25) is 0 Å². The Kier molecular flexibility index (Phi) is 6.19. The van der Waals surface area contributed by atoms with Gasteiger partial charge in [-0.15, -0.1) is 0 Å². The average Bonchev–Trinajstić information content (AvgIpc) is 2.65. The van der Waals surface area contributed by atoms with Crippen LogP contribution >= 0.6 is 27.7 Å². The minimum atomic E-state index is -0.418. The lowest BCUT2D eigenvalue weighted by Crippen LogP contribution is -2.37. The second-order valence-electron chi connectivity index (χ2n) is 9.61. The number of halogens is 1. The van der Waals surface area contributed by atoms with Crippen molar-refractivity contribution in [3.8, 4) is 0 Å². The van der Waals surface area contributed by atoms with E-state index in [1.807, 2.05) is 24.3 Å². The Morgan fingerprint density at radius 1 is 1.26 bits per heavy atom. The Labute approximate surface area is 195 Å². The van der Waals surface area contributed by atoms with Gasteiger partial charge in [-0.2, -0.15) is 0 Å². The van der Waals surface area contributed by atoms with Gasteiger partial charge in [0.1, 0.15) is 5.82 Å². The predicted molar refractivity (Wildman–Crippen MR) is 130 cm³/mol. The molecule has 1 aromatic carbocycles. The maximum Gasteiger partial charge on any atom is 0.257 e. The van der Waals surface area contributed by atoms with Gasteiger partial charge in [0.05, 0.1) is 5.56 Å². The van der Waals surface area contributed by atoms with Gasteiger partial charge >= 0.3 is 0 Å². The summed E-state index contributed by atoms with van der Waals surface area (Å²) >= 11 is 5.11. The van der Waals surface area contributed by atoms with Crippen LogP contribution in [0.3, 0.4) is 0 Å². The molecule has 0 saturated carbocycles. The molecule has 2 heterocycles. The Morgan fingerprint density at radius 3 is 2.74 bits per heavy atom. The molecule has 0 radical (unpaired) electrons. The van der Waals surface area contributed by atoms with Gasteiger partial charge < -0.3 is 10.3 Å². The van der Waals surface area contributed by atoms with Gasteiger partial charge in [-0.1, -0.05) is 67.5 Å². The molecule has 0 saturated heterocycles. The van der Waals surface area contributed by atoms with E-state index in [0.29, 0.717) is 34.4 Å². The molecule has 5 nitrogen and oxygen atoms in total. The van der Waals surface area contributed by atoms with E-state index in [0.717, 1.165) is 34.3 Å². The van der Waals surface area contributed by atoms with Gasteiger partial charge in [-0.3, -0.25) is 9.59 Å². The van der Waals surface area contributed by atoms with E-state index in [-0.39, 0.29) is 16.8 Å². The molecule has 7 heteroatoms. The molecule has 1 aliphatic carbocycles. The molecule has 1 unspecified atom stereocenters. The van der Waals surface area contributed by atoms with E-state index in [2.05, 4.69) is 53.9 Å². The number of carbonyl (C=O) groups is 1. The van der Waals surface area contributed by atoms with Crippen LogP contribution in [0.4, 0.5) is 5.82 Å². The number of allylic oxidation sites excluding steroid dienone is 2. The minimum Gasteiger partial charge on any atom is -0.343 e. The molecule has 1 aromatic heterocycles. The summed E-state index contributed by atoms with van der Waals surface area (Å²) in [5, 5.41) is 4.00. The minimum absolute atomic E-state index is 0.101. The summed E-state index contributed by atoms with van der Waals surface area (Å²) in [6.07, 6.45) is 2.28. The number of aromatic nitrogens is 2. The van der Waals surface area contributed by atoms with Gasteiger partial charge in [0.25, 0.3) is 5.56 Å². The number of carbonyl (C=O) groups excluding carboxylic acids is 1. The summed E-state index contributed by atoms with van der Waals surface area (Å²) in [6, 6.07) is 7.86. The second kappa shape index (κ2) is 8.58. The van der Waals surface area contributed by atoms with E-state index < -0.39 is 5.92 Å². The Bertz CT molecular complexity index is 1120. The molecular formula is C24H28BrN3O2S. The largest absolute Gasteiger partial charge is 0.343 e. The Hall–Kier alpha value is -1.86. The van der Waals surface area contributed by atoms with E-state index in [4.69, 9.17) is 4.98 Å². The molecule has 4 rings (SSSR count). The van der Waals surface area contributed by atoms with Crippen molar-refractivity contribution in [1.82, 2.24) is 9.97 Å². The number of ketones is 1. The number of aromatic amines is 1. The molecule has 2 aliphatic rings. The molecule has 0 fully saturated rings. The SMILES string of the molecule is CC(C)CCSc1nc2c(c(=O)[nH]1)C(c1cccc(Br)c1)C1=C(CC(C)(C)CC1=O)N2. The molecule has 0 amide bonds. The zero-order valence-electron chi connectivity index (χ0n) is 18.3. The fourth-order valence-corrected chi connectivity index (χ4v) is 5.89. The number of hydrogen-bond acceptors (Lipinski definition) is 5. The maximum atomic E-state index is 13.3. The van der Waals surface area contributed by atoms with Crippen molar-refractivity contribution in [1.29, 1.82) is 0 Å². The third-order valence-corrected chi connectivity index (χ3v) is 7.22. The van der Waals surface area contributed by atoms with E-state index in [1.54, 1.807) is 11.8 Å². The van der Waals surface area contributed by atoms with E-state index in [1.165, 1.54) is 0 Å². The Morgan fingerprint density at radius 2 is 2.03 bits per heavy atom. The fourth-order valence-electron chi connectivity index (χ4n) is 4.37. The smallest absolute Gasteiger partial charge is 0.257 e. The molecule has 2 N–H and O–H groups in total. The zero-order chi connectivity index (χ0) is 22.3. The normalized spacial score (nSPS) is 19.8. The van der Waals surface area contributed by atoms with E-state index >= 15 is 0 Å². The quantitative estimate of drug-likeness (QED) is 0.395. The summed E-state index contributed by atoms with van der Waals surface area (Å²) in [7, 11) is 0. The van der Waals surface area contributed by atoms with Crippen molar-refractivity contribution < 1.29 is 4.79 Å². The van der Waals surface area contributed by atoms with Gasteiger partial charge in [0, 0.05) is 33.8 Å². The molecule has 31 heavy (non-hydrogen) atoms. The average molecular weight is 502 g/mol. The van der Waals surface area contributed by atoms with Gasteiger partial charge in [-0.25, -0.2) is 4.98 Å². The summed E-state index contributed by atoms with van der Waals surface area (Å²) in [5.74, 6) is 1.75. The number of rotatable bonds is 5. The summed E-state index contributed by atoms with van der Waals surface area (Å²) in [5.41, 5.74) is 2.74. The standard InChI is InChI=1S/C24H28BrN3O2S/c1-13(2)8-9-31-23-27-21-20(22(30)28-23)18(14-6-5-7-15(25)10-14)19-16(26-21)11-24(3,4)12-17(19)29/h5-7,10,13,18H,8-9,11-12H2,1-4H3,(H2,26,27,28,30). The van der Waals surface area contributed by atoms with Crippen molar-refractivity contribution in [3.05, 3.63) is 61.5 Å². The van der Waals surface area contributed by atoms with Gasteiger partial charge in [-0.05, 0) is 41.9 Å². The number of nitrogens with one attached hydrogen (secondary N) is 2. The number of nitrogens with zero attached hydrogens (tertiary/aromatic N) is 1. The number of benzene rings is 1. The first-order chi connectivity index (χ1) is 14.6. The topological polar surface area (TPSA) is 74.8 Å². The van der Waals surface area contributed by atoms with Crippen LogP contribution in [0.5, 0.6) is 0 Å². The Balaban J connectivity index is 1.83. The monoisotopic (exact) mass is 501 g/mol. The van der Waals surface area contributed by atoms with Crippen LogP contribution < -0.4 is 10.9 Å². The number of anilines is 1. The van der Waals surface area contributed by atoms with Gasteiger partial charge in [0.15, 0.2) is 10.9 Å². The molecule has 1 aliphatic heterocycles. The number of Topliss-reactive ketones (excluding diaryl/α,β-unsaturated/α-hetero) is 1. The molecule has 0 spiro atoms. The van der Waals surface area contributed by atoms with Gasteiger partial charge in [0.2, 0.25) is 0 Å². The highest BCUT2D eigenvalue weighted by molar-refractivity contribution is 9.10. The predicted octanol–water partition coefficient (Wildman–Crippen LogP) is 5.87. The van der Waals surface area contributed by atoms with Crippen molar-refractivity contribution in [2.75, 3.05) is 11.1 Å². The van der Waals surface area contributed by atoms with Crippen LogP contribution in [0.1, 0.15) is 64.0 Å². The summed E-state index contributed by atoms with van der Waals surface area (Å²) < 4.78 is 0.918. The molecule has 164 valence electrons. The first-order valence-corrected chi connectivity index (χ1v) is 12.5. The lowest BCUT2D eigenvalue weighted by Gasteiger charge is -2.38. The van der Waals surface area contributed by atoms with Crippen LogP contribution in [0.15, 0.2) is 50.0 Å². The second-order valence-corrected chi connectivity index (χ2v) is 11.6. The van der Waals surface area contributed by atoms with Crippen LogP contribution in [-0.4, -0.2) is 21.5 Å². The summed E-state index contributed by atoms with van der Waals surface area (Å²) in [6.45, 7) is 8.59. The highest BCUT2D eigenvalue weighted by atomic mass is 79.9. The summed E-state index contributed by atoms with van der Waals surface area (Å²) in [4.78, 5) is 34.3. The molecule has 2 aromatic rings. The third-order valence-electron chi connectivity index (χ3n) is 5.82. The third kappa shape index (κ3) is 4.67. The number of fused-ring (bicyclic) bond motifs is 1. The highest BCUT2D eigenvalue weighted by Crippen LogP contribution is 2.47. The molecular weight excluding hydrogens is 474 g/mol. The first-order valence-electron chi connectivity index (χ1n) is 10.7. The fraction of sp³-hybridized carbons (Fsp3) is 0.458. The zero-order valence-corrected chi connectivity index (χ0v) is 20.7. The van der Waals surface area contributed by atoms with Crippen molar-refractivity contribution in [2.45, 2.75) is 58.0 Å². The highest BCUT2D eigenvalue weighted by Gasteiger charge is 2.42. The van der Waals surface area contributed by atoms with Crippen molar-refractivity contribution in [2.24, 2.45) is 11.3 Å². The van der Waals surface area contributed by atoms with Crippen molar-refractivity contribution in [3.63, 3.8) is 0 Å².